The number of benzene rings is 1. The van der Waals surface area contributed by atoms with Gasteiger partial charge in [-0.2, -0.15) is 0 Å². The number of nitrogens with zero attached hydrogens (tertiary/aromatic N) is 2. The molecule has 0 atom stereocenters. The molecule has 22 heavy (non-hydrogen) atoms. The molecule has 0 aliphatic rings. The molecule has 6 heteroatoms. The Morgan fingerprint density at radius 3 is 2.73 bits per heavy atom. The third kappa shape index (κ3) is 2.99. The third-order valence-electron chi connectivity index (χ3n) is 3.47. The molecular weight excluding hydrogens is 360 g/mol. The molecule has 0 saturated heterocycles. The van der Waals surface area contributed by atoms with E-state index in [4.69, 9.17) is 5.73 Å². The molecule has 0 radical (unpaired) electrons. The first-order valence-corrected chi connectivity index (χ1v) is 8.75. The van der Waals surface area contributed by atoms with Crippen molar-refractivity contribution in [3.8, 4) is 11.1 Å². The minimum Gasteiger partial charge on any atom is -0.369 e. The Morgan fingerprint density at radius 1 is 1.23 bits per heavy atom. The number of hydrogen-bond acceptors (Lipinski definition) is 5. The van der Waals surface area contributed by atoms with Gasteiger partial charge in [0.1, 0.15) is 17.0 Å². The number of fused-ring (bicyclic) bond motifs is 1. The lowest BCUT2D eigenvalue weighted by molar-refractivity contribution is 0.871. The number of nitrogens with one attached hydrogen (secondary N) is 1. The van der Waals surface area contributed by atoms with Crippen molar-refractivity contribution < 1.29 is 0 Å². The molecule has 2 aromatic heterocycles. The Bertz CT molecular complexity index is 783. The lowest BCUT2D eigenvalue weighted by Gasteiger charge is -2.08. The molecule has 0 spiro atoms. The minimum absolute atomic E-state index is 0.670. The molecule has 0 bridgehead atoms. The van der Waals surface area contributed by atoms with E-state index in [1.165, 1.54) is 16.0 Å². The van der Waals surface area contributed by atoms with Crippen LogP contribution in [-0.2, 0) is 0 Å². The summed E-state index contributed by atoms with van der Waals surface area (Å²) in [5.74, 6) is 0.890. The number of aryl methyl sites for hydroxylation is 1. The van der Waals surface area contributed by atoms with E-state index in [1.807, 2.05) is 0 Å². The summed E-state index contributed by atoms with van der Waals surface area (Å²) in [7, 11) is 0. The first kappa shape index (κ1) is 15.4. The second-order valence-electron chi connectivity index (χ2n) is 5.01. The quantitative estimate of drug-likeness (QED) is 0.655. The summed E-state index contributed by atoms with van der Waals surface area (Å²) in [4.78, 5) is 11.1. The largest absolute Gasteiger partial charge is 0.369 e. The number of rotatable bonds is 5. The van der Waals surface area contributed by atoms with Crippen molar-refractivity contribution in [2.24, 2.45) is 5.73 Å². The Labute approximate surface area is 141 Å². The summed E-state index contributed by atoms with van der Waals surface area (Å²) >= 11 is 5.19. The van der Waals surface area contributed by atoms with Crippen molar-refractivity contribution in [2.75, 3.05) is 18.4 Å². The van der Waals surface area contributed by atoms with E-state index in [0.29, 0.717) is 6.54 Å². The van der Waals surface area contributed by atoms with Crippen molar-refractivity contribution in [1.29, 1.82) is 0 Å². The van der Waals surface area contributed by atoms with Gasteiger partial charge in [-0.3, -0.25) is 0 Å². The summed E-state index contributed by atoms with van der Waals surface area (Å²) in [5.41, 5.74) is 7.96. The number of aromatic nitrogens is 2. The average molecular weight is 377 g/mol. The summed E-state index contributed by atoms with van der Waals surface area (Å²) in [6.07, 6.45) is 2.54. The highest BCUT2D eigenvalue weighted by atomic mass is 79.9. The zero-order chi connectivity index (χ0) is 15.5. The number of anilines is 1. The van der Waals surface area contributed by atoms with Crippen molar-refractivity contribution in [1.82, 2.24) is 9.97 Å². The highest BCUT2D eigenvalue weighted by Gasteiger charge is 2.16. The fourth-order valence-electron chi connectivity index (χ4n) is 2.45. The van der Waals surface area contributed by atoms with Gasteiger partial charge in [0.15, 0.2) is 0 Å². The molecule has 114 valence electrons. The normalized spacial score (nSPS) is 11.0. The monoisotopic (exact) mass is 376 g/mol. The van der Waals surface area contributed by atoms with Gasteiger partial charge in [-0.25, -0.2) is 9.97 Å². The van der Waals surface area contributed by atoms with Gasteiger partial charge in [-0.1, -0.05) is 28.1 Å². The zero-order valence-corrected chi connectivity index (χ0v) is 14.7. The van der Waals surface area contributed by atoms with Crippen LogP contribution in [0, 0.1) is 6.92 Å². The van der Waals surface area contributed by atoms with Crippen LogP contribution < -0.4 is 11.1 Å². The Hall–Kier alpha value is -1.50. The number of thiophene rings is 1. The van der Waals surface area contributed by atoms with Crippen molar-refractivity contribution >= 4 is 43.3 Å². The second-order valence-corrected chi connectivity index (χ2v) is 7.13. The Kier molecular flexibility index (Phi) is 4.71. The Balaban J connectivity index is 2.12. The van der Waals surface area contributed by atoms with E-state index in [9.17, 15) is 0 Å². The standard InChI is InChI=1S/C16H17BrN4S/c1-10-13(11-3-5-12(17)6-4-11)14-15(19-8-2-7-18)20-9-21-16(14)22-10/h3-6,9H,2,7-8,18H2,1H3,(H,19,20,21). The van der Waals surface area contributed by atoms with Crippen molar-refractivity contribution in [2.45, 2.75) is 13.3 Å². The van der Waals surface area contributed by atoms with E-state index in [1.54, 1.807) is 17.7 Å². The van der Waals surface area contributed by atoms with Gasteiger partial charge in [0.25, 0.3) is 0 Å². The van der Waals surface area contributed by atoms with Gasteiger partial charge in [0, 0.05) is 21.5 Å². The highest BCUT2D eigenvalue weighted by molar-refractivity contribution is 9.10. The van der Waals surface area contributed by atoms with E-state index in [-0.39, 0.29) is 0 Å². The molecule has 1 aromatic carbocycles. The number of hydrogen-bond donors (Lipinski definition) is 2. The fourth-order valence-corrected chi connectivity index (χ4v) is 3.73. The topological polar surface area (TPSA) is 63.8 Å². The first-order valence-electron chi connectivity index (χ1n) is 7.14. The molecule has 0 unspecified atom stereocenters. The van der Waals surface area contributed by atoms with Gasteiger partial charge in [-0.05, 0) is 37.6 Å². The molecular formula is C16H17BrN4S. The summed E-state index contributed by atoms with van der Waals surface area (Å²) in [5, 5.41) is 4.49. The smallest absolute Gasteiger partial charge is 0.138 e. The van der Waals surface area contributed by atoms with Crippen LogP contribution in [0.5, 0.6) is 0 Å². The average Bonchev–Trinajstić information content (AvgIpc) is 2.85. The van der Waals surface area contributed by atoms with Gasteiger partial charge in [0.05, 0.1) is 5.39 Å². The molecule has 0 fully saturated rings. The van der Waals surface area contributed by atoms with Gasteiger partial charge < -0.3 is 11.1 Å². The van der Waals surface area contributed by atoms with E-state index in [0.717, 1.165) is 33.5 Å². The van der Waals surface area contributed by atoms with Crippen LogP contribution in [0.2, 0.25) is 0 Å². The molecule has 0 amide bonds. The summed E-state index contributed by atoms with van der Waals surface area (Å²) in [6.45, 7) is 3.62. The van der Waals surface area contributed by atoms with E-state index in [2.05, 4.69) is 62.4 Å². The highest BCUT2D eigenvalue weighted by Crippen LogP contribution is 2.40. The molecule has 2 heterocycles. The molecule has 3 N–H and O–H groups in total. The van der Waals surface area contributed by atoms with Crippen LogP contribution in [0.1, 0.15) is 11.3 Å². The molecule has 0 aliphatic heterocycles. The van der Waals surface area contributed by atoms with Crippen LogP contribution in [0.3, 0.4) is 0 Å². The maximum absolute atomic E-state index is 5.57. The predicted octanol–water partition coefficient (Wildman–Crippen LogP) is 4.19. The lowest BCUT2D eigenvalue weighted by Crippen LogP contribution is -2.09. The zero-order valence-electron chi connectivity index (χ0n) is 12.3. The fraction of sp³-hybridized carbons (Fsp3) is 0.250. The van der Waals surface area contributed by atoms with Crippen LogP contribution >= 0.6 is 27.3 Å². The molecule has 0 saturated carbocycles. The van der Waals surface area contributed by atoms with Crippen molar-refractivity contribution in [3.05, 3.63) is 39.9 Å². The van der Waals surface area contributed by atoms with Crippen LogP contribution in [-0.4, -0.2) is 23.1 Å². The van der Waals surface area contributed by atoms with Gasteiger partial charge in [-0.15, -0.1) is 11.3 Å². The molecule has 3 rings (SSSR count). The first-order chi connectivity index (χ1) is 10.7. The summed E-state index contributed by atoms with van der Waals surface area (Å²) in [6, 6.07) is 8.36. The van der Waals surface area contributed by atoms with E-state index >= 15 is 0 Å². The van der Waals surface area contributed by atoms with Crippen LogP contribution in [0.15, 0.2) is 35.1 Å². The van der Waals surface area contributed by atoms with Crippen molar-refractivity contribution in [3.63, 3.8) is 0 Å². The third-order valence-corrected chi connectivity index (χ3v) is 5.01. The Morgan fingerprint density at radius 2 is 2.00 bits per heavy atom. The van der Waals surface area contributed by atoms with Crippen LogP contribution in [0.25, 0.3) is 21.3 Å². The number of nitrogens with two attached hydrogens (primary N) is 1. The molecule has 4 nitrogen and oxygen atoms in total. The van der Waals surface area contributed by atoms with Crippen LogP contribution in [0.4, 0.5) is 5.82 Å². The molecule has 0 aliphatic carbocycles. The number of halogens is 1. The maximum atomic E-state index is 5.57. The SMILES string of the molecule is Cc1sc2ncnc(NCCCN)c2c1-c1ccc(Br)cc1. The summed E-state index contributed by atoms with van der Waals surface area (Å²) < 4.78 is 1.07. The lowest BCUT2D eigenvalue weighted by atomic mass is 10.0. The van der Waals surface area contributed by atoms with E-state index < -0.39 is 0 Å². The van der Waals surface area contributed by atoms with Gasteiger partial charge >= 0.3 is 0 Å². The second kappa shape index (κ2) is 6.73. The minimum atomic E-state index is 0.670. The van der Waals surface area contributed by atoms with Gasteiger partial charge in [0.2, 0.25) is 0 Å². The molecule has 3 aromatic rings. The predicted molar refractivity (Wildman–Crippen MR) is 97.4 cm³/mol. The maximum Gasteiger partial charge on any atom is 0.138 e.